The largest absolute Gasteiger partial charge is 0.369 e. The molecule has 0 saturated carbocycles. The van der Waals surface area contributed by atoms with Gasteiger partial charge in [-0.3, -0.25) is 9.00 Å². The summed E-state index contributed by atoms with van der Waals surface area (Å²) >= 11 is 5.77. The average molecular weight is 390 g/mol. The molecule has 1 aromatic rings. The number of nitrogens with zero attached hydrogens (tertiary/aromatic N) is 1. The molecule has 1 saturated heterocycles. The summed E-state index contributed by atoms with van der Waals surface area (Å²) in [6, 6.07) is 3.93. The number of morpholine rings is 1. The lowest BCUT2D eigenvalue weighted by atomic mass is 10.0. The third kappa shape index (κ3) is 4.80. The van der Waals surface area contributed by atoms with Gasteiger partial charge in [0, 0.05) is 27.3 Å². The predicted molar refractivity (Wildman–Crippen MR) is 98.7 cm³/mol. The summed E-state index contributed by atoms with van der Waals surface area (Å²) in [6.45, 7) is 8.00. The van der Waals surface area contributed by atoms with Crippen LogP contribution < -0.4 is 0 Å². The van der Waals surface area contributed by atoms with Gasteiger partial charge in [-0.15, -0.1) is 0 Å². The van der Waals surface area contributed by atoms with Crippen LogP contribution in [0.3, 0.4) is 0 Å². The van der Waals surface area contributed by atoms with Crippen LogP contribution in [0.4, 0.5) is 4.39 Å². The Kier molecular flexibility index (Phi) is 6.62. The van der Waals surface area contributed by atoms with Crippen molar-refractivity contribution in [2.45, 2.75) is 50.9 Å². The van der Waals surface area contributed by atoms with E-state index in [1.54, 1.807) is 11.0 Å². The molecule has 1 amide bonds. The summed E-state index contributed by atoms with van der Waals surface area (Å²) < 4.78 is 31.5. The van der Waals surface area contributed by atoms with Crippen molar-refractivity contribution >= 4 is 28.3 Å². The molecule has 0 spiro atoms. The van der Waals surface area contributed by atoms with Gasteiger partial charge in [0.1, 0.15) is 12.4 Å². The number of amides is 1. The number of halogens is 2. The fourth-order valence-electron chi connectivity index (χ4n) is 2.84. The third-order valence-electron chi connectivity index (χ3n) is 4.34. The van der Waals surface area contributed by atoms with E-state index < -0.39 is 22.7 Å². The number of carbonyl (C=O) groups is 1. The molecule has 0 aromatic heterocycles. The molecule has 0 radical (unpaired) electrons. The minimum absolute atomic E-state index is 0.00871. The van der Waals surface area contributed by atoms with Crippen molar-refractivity contribution in [3.05, 3.63) is 34.6 Å². The maximum Gasteiger partial charge on any atom is 0.249 e. The van der Waals surface area contributed by atoms with E-state index in [9.17, 15) is 13.4 Å². The van der Waals surface area contributed by atoms with Crippen molar-refractivity contribution < 1.29 is 18.1 Å². The summed E-state index contributed by atoms with van der Waals surface area (Å²) in [5.41, 5.74) is 0.634. The minimum Gasteiger partial charge on any atom is -0.369 e. The zero-order valence-electron chi connectivity index (χ0n) is 15.1. The summed E-state index contributed by atoms with van der Waals surface area (Å²) in [5.74, 6) is -0.300. The molecule has 1 fully saturated rings. The van der Waals surface area contributed by atoms with Gasteiger partial charge in [-0.2, -0.15) is 0 Å². The SMILES string of the molecule is CCC(CS(=O)C(C)(C)C)N1C(=O)COCC1c1ccc(Cl)c(F)c1. The Labute approximate surface area is 156 Å². The first kappa shape index (κ1) is 20.3. The van der Waals surface area contributed by atoms with Crippen molar-refractivity contribution in [2.75, 3.05) is 19.0 Å². The monoisotopic (exact) mass is 389 g/mol. The van der Waals surface area contributed by atoms with Crippen molar-refractivity contribution in [2.24, 2.45) is 0 Å². The number of hydrogen-bond acceptors (Lipinski definition) is 3. The Balaban J connectivity index is 2.32. The minimum atomic E-state index is -1.09. The van der Waals surface area contributed by atoms with Crippen LogP contribution in [0.25, 0.3) is 0 Å². The molecule has 1 aromatic carbocycles. The van der Waals surface area contributed by atoms with Crippen molar-refractivity contribution in [3.63, 3.8) is 0 Å². The molecule has 1 aliphatic rings. The highest BCUT2D eigenvalue weighted by atomic mass is 35.5. The molecule has 7 heteroatoms. The Morgan fingerprint density at radius 2 is 2.12 bits per heavy atom. The molecule has 3 atom stereocenters. The number of carbonyl (C=O) groups excluding carboxylic acids is 1. The van der Waals surface area contributed by atoms with Crippen LogP contribution in [-0.4, -0.2) is 44.8 Å². The quantitative estimate of drug-likeness (QED) is 0.771. The molecule has 25 heavy (non-hydrogen) atoms. The molecule has 1 aliphatic heterocycles. The standard InChI is InChI=1S/C18H25ClFNO3S/c1-5-13(11-25(23)18(2,3)4)21-16(9-24-10-17(21)22)12-6-7-14(19)15(20)8-12/h6-8,13,16H,5,9-11H2,1-4H3. The fraction of sp³-hybridized carbons (Fsp3) is 0.611. The van der Waals surface area contributed by atoms with E-state index in [0.29, 0.717) is 17.7 Å². The molecule has 0 bridgehead atoms. The number of benzene rings is 1. The average Bonchev–Trinajstić information content (AvgIpc) is 2.54. The molecule has 2 rings (SSSR count). The van der Waals surface area contributed by atoms with Gasteiger partial charge < -0.3 is 9.64 Å². The summed E-state index contributed by atoms with van der Waals surface area (Å²) in [7, 11) is -1.09. The van der Waals surface area contributed by atoms with Gasteiger partial charge in [0.2, 0.25) is 5.91 Å². The number of hydrogen-bond donors (Lipinski definition) is 0. The van der Waals surface area contributed by atoms with E-state index in [4.69, 9.17) is 16.3 Å². The van der Waals surface area contributed by atoms with E-state index in [0.717, 1.165) is 0 Å². The van der Waals surface area contributed by atoms with Crippen LogP contribution in [0.2, 0.25) is 5.02 Å². The van der Waals surface area contributed by atoms with Crippen molar-refractivity contribution in [3.8, 4) is 0 Å². The maximum atomic E-state index is 13.9. The Morgan fingerprint density at radius 1 is 1.44 bits per heavy atom. The third-order valence-corrected chi connectivity index (χ3v) is 6.70. The smallest absolute Gasteiger partial charge is 0.249 e. The second-order valence-corrected chi connectivity index (χ2v) is 9.85. The lowest BCUT2D eigenvalue weighted by Crippen LogP contribution is -2.52. The number of ether oxygens (including phenoxy) is 1. The Bertz CT molecular complexity index is 662. The van der Waals surface area contributed by atoms with E-state index >= 15 is 0 Å². The molecular weight excluding hydrogens is 365 g/mol. The van der Waals surface area contributed by atoms with E-state index in [1.807, 2.05) is 27.7 Å². The van der Waals surface area contributed by atoms with E-state index in [1.165, 1.54) is 12.1 Å². The summed E-state index contributed by atoms with van der Waals surface area (Å²) in [5, 5.41) is 0.0410. The zero-order chi connectivity index (χ0) is 18.8. The highest BCUT2D eigenvalue weighted by molar-refractivity contribution is 7.86. The molecule has 0 aliphatic carbocycles. The van der Waals surface area contributed by atoms with E-state index in [2.05, 4.69) is 0 Å². The van der Waals surface area contributed by atoms with Gasteiger partial charge in [0.05, 0.1) is 17.7 Å². The Morgan fingerprint density at radius 3 is 2.68 bits per heavy atom. The second-order valence-electron chi connectivity index (χ2n) is 7.19. The second kappa shape index (κ2) is 8.14. The van der Waals surface area contributed by atoms with Crippen LogP contribution in [0, 0.1) is 5.82 Å². The molecule has 3 unspecified atom stereocenters. The molecule has 4 nitrogen and oxygen atoms in total. The lowest BCUT2D eigenvalue weighted by Gasteiger charge is -2.41. The fourth-order valence-corrected chi connectivity index (χ4v) is 4.20. The van der Waals surface area contributed by atoms with Gasteiger partial charge in [-0.05, 0) is 44.9 Å². The van der Waals surface area contributed by atoms with E-state index in [-0.39, 0.29) is 34.9 Å². The van der Waals surface area contributed by atoms with Crippen molar-refractivity contribution in [1.29, 1.82) is 0 Å². The van der Waals surface area contributed by atoms with Gasteiger partial charge in [0.15, 0.2) is 0 Å². The number of rotatable bonds is 5. The first-order chi connectivity index (χ1) is 11.6. The molecule has 140 valence electrons. The van der Waals surface area contributed by atoms with Crippen LogP contribution in [0.5, 0.6) is 0 Å². The van der Waals surface area contributed by atoms with Gasteiger partial charge in [-0.25, -0.2) is 4.39 Å². The maximum absolute atomic E-state index is 13.9. The van der Waals surface area contributed by atoms with Crippen LogP contribution in [0.1, 0.15) is 45.7 Å². The highest BCUT2D eigenvalue weighted by Crippen LogP contribution is 2.31. The summed E-state index contributed by atoms with van der Waals surface area (Å²) in [6.07, 6.45) is 0.667. The van der Waals surface area contributed by atoms with Gasteiger partial charge >= 0.3 is 0 Å². The van der Waals surface area contributed by atoms with Crippen LogP contribution >= 0.6 is 11.6 Å². The topological polar surface area (TPSA) is 46.6 Å². The molecule has 1 heterocycles. The van der Waals surface area contributed by atoms with Crippen molar-refractivity contribution in [1.82, 2.24) is 4.90 Å². The zero-order valence-corrected chi connectivity index (χ0v) is 16.6. The first-order valence-electron chi connectivity index (χ1n) is 8.37. The molecule has 0 N–H and O–H groups in total. The van der Waals surface area contributed by atoms with Crippen LogP contribution in [0.15, 0.2) is 18.2 Å². The highest BCUT2D eigenvalue weighted by Gasteiger charge is 2.36. The lowest BCUT2D eigenvalue weighted by molar-refractivity contribution is -0.151. The first-order valence-corrected chi connectivity index (χ1v) is 10.1. The van der Waals surface area contributed by atoms with Gasteiger partial charge in [0.25, 0.3) is 0 Å². The molecular formula is C18H25ClFNO3S. The Hall–Kier alpha value is -0.980. The van der Waals surface area contributed by atoms with Gasteiger partial charge in [-0.1, -0.05) is 24.6 Å². The predicted octanol–water partition coefficient (Wildman–Crippen LogP) is 3.70. The normalized spacial score (nSPS) is 21.3. The van der Waals surface area contributed by atoms with Crippen LogP contribution in [-0.2, 0) is 20.3 Å². The summed E-state index contributed by atoms with van der Waals surface area (Å²) in [4.78, 5) is 14.3.